The van der Waals surface area contributed by atoms with Gasteiger partial charge in [-0.1, -0.05) is 30.3 Å². The molecule has 1 fully saturated rings. The van der Waals surface area contributed by atoms with Gasteiger partial charge in [0, 0.05) is 24.7 Å². The minimum absolute atomic E-state index is 0. The van der Waals surface area contributed by atoms with Crippen LogP contribution in [0.5, 0.6) is 5.75 Å². The van der Waals surface area contributed by atoms with Crippen molar-refractivity contribution in [2.75, 3.05) is 13.7 Å². The molecule has 134 valence electrons. The van der Waals surface area contributed by atoms with Crippen molar-refractivity contribution in [2.45, 2.75) is 31.8 Å². The van der Waals surface area contributed by atoms with E-state index in [1.54, 1.807) is 7.11 Å². The summed E-state index contributed by atoms with van der Waals surface area (Å²) >= 11 is 0. The van der Waals surface area contributed by atoms with E-state index in [2.05, 4.69) is 6.07 Å². The van der Waals surface area contributed by atoms with Crippen LogP contribution < -0.4 is 10.5 Å². The Labute approximate surface area is 155 Å². The first-order valence-electron chi connectivity index (χ1n) is 8.45. The highest BCUT2D eigenvalue weighted by atomic mass is 35.5. The molecule has 1 unspecified atom stereocenters. The normalized spacial score (nSPS) is 16.4. The predicted octanol–water partition coefficient (Wildman–Crippen LogP) is 3.42. The second kappa shape index (κ2) is 8.88. The van der Waals surface area contributed by atoms with Crippen LogP contribution >= 0.6 is 12.4 Å². The number of hydrogen-bond acceptors (Lipinski definition) is 3. The van der Waals surface area contributed by atoms with Crippen molar-refractivity contribution in [1.29, 1.82) is 0 Å². The number of carbonyl (C=O) groups is 1. The van der Waals surface area contributed by atoms with Crippen molar-refractivity contribution in [3.8, 4) is 5.75 Å². The van der Waals surface area contributed by atoms with E-state index >= 15 is 0 Å². The van der Waals surface area contributed by atoms with Crippen LogP contribution in [-0.4, -0.2) is 30.5 Å². The van der Waals surface area contributed by atoms with Crippen LogP contribution in [0.4, 0.5) is 0 Å². The lowest BCUT2D eigenvalue weighted by molar-refractivity contribution is 0.0736. The van der Waals surface area contributed by atoms with Crippen molar-refractivity contribution in [3.05, 3.63) is 65.2 Å². The first-order chi connectivity index (χ1) is 11.7. The van der Waals surface area contributed by atoms with Crippen molar-refractivity contribution >= 4 is 18.3 Å². The van der Waals surface area contributed by atoms with E-state index in [0.29, 0.717) is 6.54 Å². The molecule has 25 heavy (non-hydrogen) atoms. The number of hydrogen-bond donors (Lipinski definition) is 1. The van der Waals surface area contributed by atoms with Gasteiger partial charge in [0.05, 0.1) is 7.11 Å². The summed E-state index contributed by atoms with van der Waals surface area (Å²) < 4.78 is 5.45. The first-order valence-corrected chi connectivity index (χ1v) is 8.45. The minimum atomic E-state index is 0. The molecule has 1 aliphatic heterocycles. The molecule has 0 aliphatic carbocycles. The van der Waals surface area contributed by atoms with Crippen molar-refractivity contribution in [1.82, 2.24) is 4.90 Å². The van der Waals surface area contributed by atoms with Gasteiger partial charge in [0.15, 0.2) is 0 Å². The van der Waals surface area contributed by atoms with Gasteiger partial charge >= 0.3 is 0 Å². The van der Waals surface area contributed by atoms with Crippen LogP contribution in [-0.2, 0) is 13.0 Å². The number of amides is 1. The summed E-state index contributed by atoms with van der Waals surface area (Å²) in [5, 5.41) is 0. The molecule has 1 heterocycles. The van der Waals surface area contributed by atoms with E-state index in [1.807, 2.05) is 47.4 Å². The van der Waals surface area contributed by atoms with Crippen molar-refractivity contribution in [2.24, 2.45) is 5.73 Å². The fourth-order valence-electron chi connectivity index (χ4n) is 3.39. The van der Waals surface area contributed by atoms with E-state index in [0.717, 1.165) is 48.2 Å². The zero-order chi connectivity index (χ0) is 16.9. The zero-order valence-electron chi connectivity index (χ0n) is 14.5. The molecule has 2 aromatic carbocycles. The number of para-hydroxylation sites is 1. The number of benzene rings is 2. The number of ether oxygens (including phenoxy) is 1. The van der Waals surface area contributed by atoms with E-state index in [4.69, 9.17) is 10.5 Å². The maximum absolute atomic E-state index is 12.9. The first kappa shape index (κ1) is 19.3. The number of likely N-dealkylation sites (tertiary alicyclic amines) is 1. The molecule has 1 amide bonds. The Kier molecular flexibility index (Phi) is 6.85. The van der Waals surface area contributed by atoms with Crippen LogP contribution in [0.1, 0.15) is 34.3 Å². The molecule has 4 nitrogen and oxygen atoms in total. The molecule has 3 rings (SSSR count). The molecule has 0 saturated carbocycles. The number of nitrogens with zero attached hydrogens (tertiary/aromatic N) is 1. The topological polar surface area (TPSA) is 55.6 Å². The molecule has 0 aromatic heterocycles. The highest BCUT2D eigenvalue weighted by Crippen LogP contribution is 2.27. The summed E-state index contributed by atoms with van der Waals surface area (Å²) in [6.45, 7) is 1.31. The molecule has 0 bridgehead atoms. The smallest absolute Gasteiger partial charge is 0.254 e. The van der Waals surface area contributed by atoms with Gasteiger partial charge in [0.25, 0.3) is 5.91 Å². The Hall–Kier alpha value is -2.04. The van der Waals surface area contributed by atoms with Crippen LogP contribution in [0.2, 0.25) is 0 Å². The standard InChI is InChI=1S/C20H24N2O2.ClH/c1-24-19-7-3-2-5-17(19)13-18-6-4-12-22(18)20(23)16-10-8-15(14-21)9-11-16;/h2-3,5,7-11,18H,4,6,12-14,21H2,1H3;1H. The second-order valence-corrected chi connectivity index (χ2v) is 6.21. The number of methoxy groups -OCH3 is 1. The molecule has 2 aromatic rings. The maximum Gasteiger partial charge on any atom is 0.254 e. The van der Waals surface area contributed by atoms with Gasteiger partial charge in [-0.25, -0.2) is 0 Å². The summed E-state index contributed by atoms with van der Waals surface area (Å²) in [5.74, 6) is 1.00. The Morgan fingerprint density at radius 1 is 1.20 bits per heavy atom. The van der Waals surface area contributed by atoms with E-state index in [1.165, 1.54) is 0 Å². The van der Waals surface area contributed by atoms with Crippen LogP contribution in [0.3, 0.4) is 0 Å². The summed E-state index contributed by atoms with van der Waals surface area (Å²) in [4.78, 5) is 14.9. The summed E-state index contributed by atoms with van der Waals surface area (Å²) in [6.07, 6.45) is 2.91. The third-order valence-corrected chi connectivity index (χ3v) is 4.72. The molecule has 1 aliphatic rings. The van der Waals surface area contributed by atoms with Gasteiger partial charge in [0.1, 0.15) is 5.75 Å². The SMILES string of the molecule is COc1ccccc1CC1CCCN1C(=O)c1ccc(CN)cc1.Cl. The lowest BCUT2D eigenvalue weighted by Gasteiger charge is -2.25. The number of nitrogens with two attached hydrogens (primary N) is 1. The Morgan fingerprint density at radius 2 is 1.92 bits per heavy atom. The summed E-state index contributed by atoms with van der Waals surface area (Å²) in [7, 11) is 1.69. The average molecular weight is 361 g/mol. The van der Waals surface area contributed by atoms with E-state index in [9.17, 15) is 4.79 Å². The molecule has 0 spiro atoms. The Morgan fingerprint density at radius 3 is 2.60 bits per heavy atom. The summed E-state index contributed by atoms with van der Waals surface area (Å²) in [5.41, 5.74) is 8.56. The zero-order valence-corrected chi connectivity index (χ0v) is 15.3. The lowest BCUT2D eigenvalue weighted by atomic mass is 10.0. The van der Waals surface area contributed by atoms with Gasteiger partial charge in [-0.05, 0) is 48.6 Å². The molecule has 1 atom stereocenters. The third-order valence-electron chi connectivity index (χ3n) is 4.72. The lowest BCUT2D eigenvalue weighted by Crippen LogP contribution is -2.36. The minimum Gasteiger partial charge on any atom is -0.496 e. The van der Waals surface area contributed by atoms with E-state index < -0.39 is 0 Å². The third kappa shape index (κ3) is 4.33. The maximum atomic E-state index is 12.9. The number of halogens is 1. The highest BCUT2D eigenvalue weighted by molar-refractivity contribution is 5.94. The van der Waals surface area contributed by atoms with Gasteiger partial charge in [-0.3, -0.25) is 4.79 Å². The van der Waals surface area contributed by atoms with Gasteiger partial charge in [0.2, 0.25) is 0 Å². The van der Waals surface area contributed by atoms with E-state index in [-0.39, 0.29) is 24.4 Å². The molecule has 2 N–H and O–H groups in total. The molecular formula is C20H25ClN2O2. The predicted molar refractivity (Wildman–Crippen MR) is 102 cm³/mol. The van der Waals surface area contributed by atoms with Crippen molar-refractivity contribution in [3.63, 3.8) is 0 Å². The largest absolute Gasteiger partial charge is 0.496 e. The van der Waals surface area contributed by atoms with Gasteiger partial charge in [-0.2, -0.15) is 0 Å². The van der Waals surface area contributed by atoms with Gasteiger partial charge < -0.3 is 15.4 Å². The molecule has 0 radical (unpaired) electrons. The Bertz CT molecular complexity index is 703. The van der Waals surface area contributed by atoms with Crippen LogP contribution in [0, 0.1) is 0 Å². The fourth-order valence-corrected chi connectivity index (χ4v) is 3.39. The molecule has 1 saturated heterocycles. The van der Waals surface area contributed by atoms with Crippen LogP contribution in [0.15, 0.2) is 48.5 Å². The van der Waals surface area contributed by atoms with Crippen molar-refractivity contribution < 1.29 is 9.53 Å². The highest BCUT2D eigenvalue weighted by Gasteiger charge is 2.30. The number of rotatable bonds is 5. The van der Waals surface area contributed by atoms with Gasteiger partial charge in [-0.15, -0.1) is 12.4 Å². The molecule has 5 heteroatoms. The van der Waals surface area contributed by atoms with Crippen LogP contribution in [0.25, 0.3) is 0 Å². The monoisotopic (exact) mass is 360 g/mol. The average Bonchev–Trinajstić information content (AvgIpc) is 3.10. The summed E-state index contributed by atoms with van der Waals surface area (Å²) in [6, 6.07) is 15.9. The quantitative estimate of drug-likeness (QED) is 0.888. The fraction of sp³-hybridized carbons (Fsp3) is 0.350. The second-order valence-electron chi connectivity index (χ2n) is 6.21. The Balaban J connectivity index is 0.00000225. The number of carbonyl (C=O) groups excluding carboxylic acids is 1. The molecular weight excluding hydrogens is 336 g/mol.